The molecule has 0 fully saturated rings. The quantitative estimate of drug-likeness (QED) is 0.647. The van der Waals surface area contributed by atoms with Crippen molar-refractivity contribution >= 4 is 23.4 Å². The van der Waals surface area contributed by atoms with Gasteiger partial charge in [0.1, 0.15) is 5.75 Å². The van der Waals surface area contributed by atoms with Gasteiger partial charge in [-0.15, -0.1) is 5.10 Å². The molecule has 2 aromatic carbocycles. The highest BCUT2D eigenvalue weighted by Gasteiger charge is 2.13. The fraction of sp³-hybridized carbons (Fsp3) is 0.211. The number of aryl methyl sites for hydroxylation is 2. The maximum atomic E-state index is 12.2. The number of carbonyl (C=O) groups excluding carboxylic acids is 1. The summed E-state index contributed by atoms with van der Waals surface area (Å²) in [5.74, 6) is 1.47. The molecule has 3 rings (SSSR count). The van der Waals surface area contributed by atoms with Crippen molar-refractivity contribution in [2.75, 3.05) is 18.2 Å². The smallest absolute Gasteiger partial charge is 0.234 e. The maximum Gasteiger partial charge on any atom is 0.234 e. The molecule has 0 atom stereocenters. The number of nitrogens with one attached hydrogen (secondary N) is 2. The lowest BCUT2D eigenvalue weighted by atomic mass is 10.1. The lowest BCUT2D eigenvalue weighted by Crippen LogP contribution is -2.15. The van der Waals surface area contributed by atoms with E-state index < -0.39 is 0 Å². The molecule has 2 N–H and O–H groups in total. The lowest BCUT2D eigenvalue weighted by molar-refractivity contribution is -0.113. The molecular weight excluding hydrogens is 348 g/mol. The minimum atomic E-state index is -0.0870. The molecule has 0 saturated heterocycles. The predicted octanol–water partition coefficient (Wildman–Crippen LogP) is 3.83. The first kappa shape index (κ1) is 18.0. The third-order valence-electron chi connectivity index (χ3n) is 3.90. The first-order valence-electron chi connectivity index (χ1n) is 8.13. The first-order valence-corrected chi connectivity index (χ1v) is 9.11. The van der Waals surface area contributed by atoms with Crippen LogP contribution in [0.1, 0.15) is 11.1 Å². The van der Waals surface area contributed by atoms with Crippen LogP contribution in [0, 0.1) is 13.8 Å². The summed E-state index contributed by atoms with van der Waals surface area (Å²) in [6.07, 6.45) is 0. The van der Waals surface area contributed by atoms with Crippen LogP contribution in [0.3, 0.4) is 0 Å². The molecule has 0 aliphatic rings. The molecule has 0 bridgehead atoms. The van der Waals surface area contributed by atoms with Crippen LogP contribution < -0.4 is 10.1 Å². The zero-order chi connectivity index (χ0) is 18.5. The van der Waals surface area contributed by atoms with Crippen LogP contribution in [-0.4, -0.2) is 34.0 Å². The Balaban J connectivity index is 1.64. The normalized spacial score (nSPS) is 10.6. The number of methoxy groups -OCH3 is 1. The summed E-state index contributed by atoms with van der Waals surface area (Å²) in [6, 6.07) is 13.5. The number of amides is 1. The molecule has 1 aromatic heterocycles. The van der Waals surface area contributed by atoms with E-state index in [1.807, 2.05) is 56.3 Å². The Morgan fingerprint density at radius 3 is 2.62 bits per heavy atom. The zero-order valence-electron chi connectivity index (χ0n) is 14.9. The Morgan fingerprint density at radius 1 is 1.15 bits per heavy atom. The second-order valence-electron chi connectivity index (χ2n) is 5.77. The van der Waals surface area contributed by atoms with Gasteiger partial charge in [0, 0.05) is 5.69 Å². The molecule has 7 heteroatoms. The number of ether oxygens (including phenoxy) is 1. The van der Waals surface area contributed by atoms with E-state index in [9.17, 15) is 4.79 Å². The lowest BCUT2D eigenvalue weighted by Gasteiger charge is -2.10. The minimum Gasteiger partial charge on any atom is -0.496 e. The van der Waals surface area contributed by atoms with Crippen LogP contribution in [0.2, 0.25) is 0 Å². The van der Waals surface area contributed by atoms with Gasteiger partial charge in [-0.1, -0.05) is 42.1 Å². The van der Waals surface area contributed by atoms with E-state index in [-0.39, 0.29) is 11.7 Å². The average Bonchev–Trinajstić information content (AvgIpc) is 3.12. The molecule has 0 aliphatic carbocycles. The van der Waals surface area contributed by atoms with Gasteiger partial charge in [0.15, 0.2) is 5.82 Å². The number of para-hydroxylation sites is 2. The molecule has 0 aliphatic heterocycles. The van der Waals surface area contributed by atoms with Gasteiger partial charge in [-0.05, 0) is 37.1 Å². The topological polar surface area (TPSA) is 79.9 Å². The molecule has 0 unspecified atom stereocenters. The van der Waals surface area contributed by atoms with E-state index in [4.69, 9.17) is 4.74 Å². The van der Waals surface area contributed by atoms with Crippen LogP contribution in [0.5, 0.6) is 5.75 Å². The van der Waals surface area contributed by atoms with Crippen molar-refractivity contribution in [3.8, 4) is 17.1 Å². The second kappa shape index (κ2) is 8.05. The van der Waals surface area contributed by atoms with Gasteiger partial charge in [0.25, 0.3) is 0 Å². The van der Waals surface area contributed by atoms with Crippen LogP contribution in [0.4, 0.5) is 5.69 Å². The number of rotatable bonds is 6. The van der Waals surface area contributed by atoms with Gasteiger partial charge in [-0.25, -0.2) is 4.98 Å². The van der Waals surface area contributed by atoms with Crippen molar-refractivity contribution in [3.05, 3.63) is 53.6 Å². The zero-order valence-corrected chi connectivity index (χ0v) is 15.7. The summed E-state index contributed by atoms with van der Waals surface area (Å²) < 4.78 is 5.34. The van der Waals surface area contributed by atoms with Crippen molar-refractivity contribution in [1.29, 1.82) is 0 Å². The van der Waals surface area contributed by atoms with E-state index in [1.54, 1.807) is 7.11 Å². The summed E-state index contributed by atoms with van der Waals surface area (Å²) in [5, 5.41) is 10.5. The molecule has 26 heavy (non-hydrogen) atoms. The Kier molecular flexibility index (Phi) is 5.58. The number of hydrogen-bond acceptors (Lipinski definition) is 5. The van der Waals surface area contributed by atoms with E-state index in [1.165, 1.54) is 11.8 Å². The average molecular weight is 368 g/mol. The molecule has 3 aromatic rings. The SMILES string of the molecule is COc1ccccc1-c1nc(SCC(=O)Nc2c(C)cccc2C)n[nH]1. The molecule has 1 amide bonds. The van der Waals surface area contributed by atoms with Crippen molar-refractivity contribution in [2.45, 2.75) is 19.0 Å². The molecule has 6 nitrogen and oxygen atoms in total. The maximum absolute atomic E-state index is 12.2. The van der Waals surface area contributed by atoms with Gasteiger partial charge in [0.2, 0.25) is 11.1 Å². The van der Waals surface area contributed by atoms with Crippen molar-refractivity contribution in [3.63, 3.8) is 0 Å². The summed E-state index contributed by atoms with van der Waals surface area (Å²) >= 11 is 1.28. The Labute approximate surface area is 156 Å². The molecule has 0 saturated carbocycles. The molecule has 0 spiro atoms. The summed E-state index contributed by atoms with van der Waals surface area (Å²) in [7, 11) is 1.61. The summed E-state index contributed by atoms with van der Waals surface area (Å²) in [6.45, 7) is 3.95. The number of carbonyl (C=O) groups is 1. The van der Waals surface area contributed by atoms with Crippen LogP contribution in [0.25, 0.3) is 11.4 Å². The number of H-pyrrole nitrogens is 1. The Bertz CT molecular complexity index is 903. The van der Waals surface area contributed by atoms with Crippen LogP contribution in [0.15, 0.2) is 47.6 Å². The summed E-state index contributed by atoms with van der Waals surface area (Å²) in [4.78, 5) is 16.7. The van der Waals surface area contributed by atoms with Crippen molar-refractivity contribution in [2.24, 2.45) is 0 Å². The molecular formula is C19H20N4O2S. The predicted molar refractivity (Wildman–Crippen MR) is 104 cm³/mol. The van der Waals surface area contributed by atoms with E-state index >= 15 is 0 Å². The minimum absolute atomic E-state index is 0.0870. The molecule has 1 heterocycles. The number of thioether (sulfide) groups is 1. The number of aromatic amines is 1. The van der Waals surface area contributed by atoms with Crippen molar-refractivity contribution in [1.82, 2.24) is 15.2 Å². The molecule has 134 valence electrons. The first-order chi connectivity index (χ1) is 12.6. The number of aromatic nitrogens is 3. The Hall–Kier alpha value is -2.80. The number of nitrogens with zero attached hydrogens (tertiary/aromatic N) is 2. The number of benzene rings is 2. The highest BCUT2D eigenvalue weighted by molar-refractivity contribution is 7.99. The fourth-order valence-corrected chi connectivity index (χ4v) is 3.19. The standard InChI is InChI=1S/C19H20N4O2S/c1-12-7-6-8-13(2)17(12)20-16(24)11-26-19-21-18(22-23-19)14-9-4-5-10-15(14)25-3/h4-10H,11H2,1-3H3,(H,20,24)(H,21,22,23). The second-order valence-corrected chi connectivity index (χ2v) is 6.71. The van der Waals surface area contributed by atoms with Crippen LogP contribution in [-0.2, 0) is 4.79 Å². The Morgan fingerprint density at radius 2 is 1.88 bits per heavy atom. The summed E-state index contributed by atoms with van der Waals surface area (Å²) in [5.41, 5.74) is 3.77. The third-order valence-corrected chi connectivity index (χ3v) is 4.75. The third kappa shape index (κ3) is 4.05. The van der Waals surface area contributed by atoms with Gasteiger partial charge in [-0.3, -0.25) is 9.89 Å². The van der Waals surface area contributed by atoms with Gasteiger partial charge in [0.05, 0.1) is 18.4 Å². The van der Waals surface area contributed by atoms with Gasteiger partial charge >= 0.3 is 0 Å². The van der Waals surface area contributed by atoms with Crippen LogP contribution >= 0.6 is 11.8 Å². The number of anilines is 1. The fourth-order valence-electron chi connectivity index (χ4n) is 2.59. The van der Waals surface area contributed by atoms with E-state index in [2.05, 4.69) is 20.5 Å². The van der Waals surface area contributed by atoms with E-state index in [0.717, 1.165) is 22.4 Å². The molecule has 0 radical (unpaired) electrons. The van der Waals surface area contributed by atoms with E-state index in [0.29, 0.717) is 16.7 Å². The van der Waals surface area contributed by atoms with Gasteiger partial charge in [-0.2, -0.15) is 0 Å². The van der Waals surface area contributed by atoms with Crippen molar-refractivity contribution < 1.29 is 9.53 Å². The monoisotopic (exact) mass is 368 g/mol. The largest absolute Gasteiger partial charge is 0.496 e. The number of hydrogen-bond donors (Lipinski definition) is 2. The van der Waals surface area contributed by atoms with Gasteiger partial charge < -0.3 is 10.1 Å². The highest BCUT2D eigenvalue weighted by Crippen LogP contribution is 2.28. The highest BCUT2D eigenvalue weighted by atomic mass is 32.2.